The van der Waals surface area contributed by atoms with Gasteiger partial charge in [0.2, 0.25) is 0 Å². The summed E-state index contributed by atoms with van der Waals surface area (Å²) in [5.41, 5.74) is 11.0. The Hall–Kier alpha value is -3.94. The normalized spacial score (nSPS) is 15.5. The van der Waals surface area contributed by atoms with E-state index in [1.54, 1.807) is 12.3 Å². The van der Waals surface area contributed by atoms with E-state index in [2.05, 4.69) is 20.3 Å². The van der Waals surface area contributed by atoms with Crippen molar-refractivity contribution >= 4 is 23.8 Å². The lowest BCUT2D eigenvalue weighted by Gasteiger charge is -2.27. The van der Waals surface area contributed by atoms with Crippen molar-refractivity contribution in [1.82, 2.24) is 15.3 Å². The molecule has 7 nitrogen and oxygen atoms in total. The van der Waals surface area contributed by atoms with Crippen LogP contribution in [0, 0.1) is 5.82 Å². The first-order chi connectivity index (χ1) is 15.5. The Labute approximate surface area is 185 Å². The maximum absolute atomic E-state index is 15.0. The molecule has 1 aromatic heterocycles. The summed E-state index contributed by atoms with van der Waals surface area (Å²) >= 11 is 0. The van der Waals surface area contributed by atoms with Crippen molar-refractivity contribution < 1.29 is 9.18 Å². The number of carbonyl (C=O) groups excluding carboxylic acids is 1. The average Bonchev–Trinajstić information content (AvgIpc) is 2.81. The summed E-state index contributed by atoms with van der Waals surface area (Å²) in [4.78, 5) is 18.4. The molecule has 0 saturated carbocycles. The van der Waals surface area contributed by atoms with E-state index in [-0.39, 0.29) is 11.7 Å². The maximum Gasteiger partial charge on any atom is 0.251 e. The third-order valence-electron chi connectivity index (χ3n) is 5.91. The van der Waals surface area contributed by atoms with Crippen LogP contribution in [0.1, 0.15) is 15.9 Å². The smallest absolute Gasteiger partial charge is 0.251 e. The fraction of sp³-hybridized carbons (Fsp3) is 0.208. The molecular weight excluding hydrogens is 407 g/mol. The molecular formula is C24H23FN6O. The van der Waals surface area contributed by atoms with Crippen LogP contribution >= 0.6 is 0 Å². The van der Waals surface area contributed by atoms with Crippen molar-refractivity contribution in [2.24, 2.45) is 5.10 Å². The van der Waals surface area contributed by atoms with Gasteiger partial charge in [-0.3, -0.25) is 9.80 Å². The summed E-state index contributed by atoms with van der Waals surface area (Å²) < 4.78 is 15.0. The highest BCUT2D eigenvalue weighted by molar-refractivity contribution is 5.97. The lowest BCUT2D eigenvalue weighted by molar-refractivity contribution is 0.0945. The van der Waals surface area contributed by atoms with E-state index in [9.17, 15) is 9.18 Å². The largest absolute Gasteiger partial charge is 0.383 e. The van der Waals surface area contributed by atoms with Crippen LogP contribution in [0.3, 0.4) is 0 Å². The van der Waals surface area contributed by atoms with Crippen LogP contribution in [0.25, 0.3) is 22.3 Å². The Morgan fingerprint density at radius 3 is 2.59 bits per heavy atom. The zero-order chi connectivity index (χ0) is 22.2. The van der Waals surface area contributed by atoms with Crippen molar-refractivity contribution in [2.45, 2.75) is 6.42 Å². The summed E-state index contributed by atoms with van der Waals surface area (Å²) in [6, 6.07) is 12.9. The number of nitrogen functional groups attached to an aromatic ring is 1. The molecule has 2 aliphatic heterocycles. The number of nitrogens with zero attached hydrogens (tertiary/aromatic N) is 4. The number of likely N-dealkylation sites (N-methyl/N-ethyl adjacent to an activating group) is 1. The fourth-order valence-corrected chi connectivity index (χ4v) is 4.06. The molecule has 0 unspecified atom stereocenters. The van der Waals surface area contributed by atoms with Crippen molar-refractivity contribution in [3.05, 3.63) is 65.6 Å². The molecule has 2 aliphatic rings. The number of nitrogens with two attached hydrogens (primary N) is 1. The SMILES string of the molecule is CN1CCN(c2ccc(-c3cnc(N)c(-c4cc5c(cc4F)C(=O)NCC5)c3)cc2)C=N1. The van der Waals surface area contributed by atoms with Gasteiger partial charge in [-0.2, -0.15) is 5.10 Å². The molecule has 2 aromatic carbocycles. The molecule has 0 saturated heterocycles. The highest BCUT2D eigenvalue weighted by Crippen LogP contribution is 2.34. The van der Waals surface area contributed by atoms with Crippen LogP contribution < -0.4 is 16.0 Å². The average molecular weight is 430 g/mol. The molecule has 0 atom stereocenters. The van der Waals surface area contributed by atoms with E-state index >= 15 is 0 Å². The maximum atomic E-state index is 15.0. The van der Waals surface area contributed by atoms with E-state index in [4.69, 9.17) is 5.73 Å². The van der Waals surface area contributed by atoms with Gasteiger partial charge in [0.05, 0.1) is 6.54 Å². The molecule has 5 rings (SSSR count). The molecule has 0 bridgehead atoms. The number of carbonyl (C=O) groups is 1. The van der Waals surface area contributed by atoms with Gasteiger partial charge in [-0.1, -0.05) is 12.1 Å². The minimum Gasteiger partial charge on any atom is -0.383 e. The van der Waals surface area contributed by atoms with Crippen molar-refractivity contribution in [3.63, 3.8) is 0 Å². The summed E-state index contributed by atoms with van der Waals surface area (Å²) in [6.07, 6.45) is 4.16. The molecule has 162 valence electrons. The summed E-state index contributed by atoms with van der Waals surface area (Å²) in [7, 11) is 1.95. The lowest BCUT2D eigenvalue weighted by atomic mass is 9.93. The topological polar surface area (TPSA) is 86.8 Å². The zero-order valence-corrected chi connectivity index (χ0v) is 17.7. The van der Waals surface area contributed by atoms with Gasteiger partial charge in [0.1, 0.15) is 18.0 Å². The van der Waals surface area contributed by atoms with Gasteiger partial charge in [-0.15, -0.1) is 0 Å². The van der Waals surface area contributed by atoms with E-state index in [0.717, 1.165) is 35.5 Å². The van der Waals surface area contributed by atoms with Gasteiger partial charge in [0.15, 0.2) is 0 Å². The van der Waals surface area contributed by atoms with Crippen LogP contribution in [0.4, 0.5) is 15.9 Å². The lowest BCUT2D eigenvalue weighted by Crippen LogP contribution is -2.35. The first-order valence-corrected chi connectivity index (χ1v) is 10.5. The van der Waals surface area contributed by atoms with E-state index in [0.29, 0.717) is 29.7 Å². The van der Waals surface area contributed by atoms with Crippen molar-refractivity contribution in [1.29, 1.82) is 0 Å². The number of hydrazone groups is 1. The van der Waals surface area contributed by atoms with Gasteiger partial charge in [0.25, 0.3) is 5.91 Å². The second kappa shape index (κ2) is 7.96. The molecule has 1 amide bonds. The third-order valence-corrected chi connectivity index (χ3v) is 5.91. The molecule has 3 N–H and O–H groups in total. The predicted octanol–water partition coefficient (Wildman–Crippen LogP) is 3.12. The number of anilines is 2. The Bertz CT molecular complexity index is 1220. The number of rotatable bonds is 3. The Balaban J connectivity index is 1.48. The number of aromatic nitrogens is 1. The number of hydrogen-bond acceptors (Lipinski definition) is 6. The number of pyridine rings is 1. The molecule has 3 aromatic rings. The number of nitrogens with one attached hydrogen (secondary N) is 1. The van der Waals surface area contributed by atoms with E-state index in [1.165, 1.54) is 6.07 Å². The van der Waals surface area contributed by atoms with Gasteiger partial charge >= 0.3 is 0 Å². The van der Waals surface area contributed by atoms with Crippen molar-refractivity contribution in [2.75, 3.05) is 37.3 Å². The molecule has 0 aliphatic carbocycles. The van der Waals surface area contributed by atoms with Gasteiger partial charge < -0.3 is 16.0 Å². The Kier molecular flexibility index (Phi) is 4.97. The molecule has 3 heterocycles. The second-order valence-electron chi connectivity index (χ2n) is 8.00. The number of fused-ring (bicyclic) bond motifs is 1. The number of amides is 1. The first-order valence-electron chi connectivity index (χ1n) is 10.5. The van der Waals surface area contributed by atoms with Crippen LogP contribution in [-0.4, -0.2) is 48.9 Å². The summed E-state index contributed by atoms with van der Waals surface area (Å²) in [5, 5.41) is 8.96. The second-order valence-corrected chi connectivity index (χ2v) is 8.00. The zero-order valence-electron chi connectivity index (χ0n) is 17.7. The minimum atomic E-state index is -0.490. The molecule has 0 fully saturated rings. The van der Waals surface area contributed by atoms with Crippen LogP contribution in [0.2, 0.25) is 0 Å². The quantitative estimate of drug-likeness (QED) is 0.667. The standard InChI is InChI=1S/C24H23FN6O/c1-30-8-9-31(14-29-30)18-4-2-15(3-5-18)17-11-21(23(26)28-13-17)20-10-16-6-7-27-24(32)19(16)12-22(20)25/h2-5,10-14H,6-9H2,1H3,(H2,26,28)(H,27,32). The first kappa shape index (κ1) is 20.0. The minimum absolute atomic E-state index is 0.248. The highest BCUT2D eigenvalue weighted by atomic mass is 19.1. The van der Waals surface area contributed by atoms with Crippen molar-refractivity contribution in [3.8, 4) is 22.3 Å². The van der Waals surface area contributed by atoms with Crippen LogP contribution in [0.15, 0.2) is 53.8 Å². The summed E-state index contributed by atoms with van der Waals surface area (Å²) in [5.74, 6) is -0.490. The Morgan fingerprint density at radius 1 is 1.03 bits per heavy atom. The highest BCUT2D eigenvalue weighted by Gasteiger charge is 2.21. The molecule has 0 radical (unpaired) electrons. The van der Waals surface area contributed by atoms with Crippen LogP contribution in [-0.2, 0) is 6.42 Å². The van der Waals surface area contributed by atoms with Gasteiger partial charge in [0, 0.05) is 54.3 Å². The van der Waals surface area contributed by atoms with E-state index in [1.807, 2.05) is 48.7 Å². The predicted molar refractivity (Wildman–Crippen MR) is 124 cm³/mol. The molecule has 32 heavy (non-hydrogen) atoms. The number of hydrogen-bond donors (Lipinski definition) is 2. The monoisotopic (exact) mass is 430 g/mol. The molecule has 8 heteroatoms. The third kappa shape index (κ3) is 3.64. The van der Waals surface area contributed by atoms with E-state index < -0.39 is 5.82 Å². The summed E-state index contributed by atoms with van der Waals surface area (Å²) in [6.45, 7) is 2.26. The Morgan fingerprint density at radius 2 is 1.84 bits per heavy atom. The van der Waals surface area contributed by atoms with Crippen LogP contribution in [0.5, 0.6) is 0 Å². The molecule has 0 spiro atoms. The number of halogens is 1. The number of benzene rings is 2. The van der Waals surface area contributed by atoms with Gasteiger partial charge in [-0.05, 0) is 47.9 Å². The van der Waals surface area contributed by atoms with Gasteiger partial charge in [-0.25, -0.2) is 9.37 Å². The fourth-order valence-electron chi connectivity index (χ4n) is 4.06.